The third-order valence-electron chi connectivity index (χ3n) is 2.42. The number of hydrogen-bond donors (Lipinski definition) is 1. The van der Waals surface area contributed by atoms with E-state index in [1.54, 1.807) is 24.3 Å². The summed E-state index contributed by atoms with van der Waals surface area (Å²) in [6, 6.07) is 6.77. The molecule has 0 fully saturated rings. The van der Waals surface area contributed by atoms with Crippen molar-refractivity contribution < 1.29 is 4.74 Å². The first-order chi connectivity index (χ1) is 9.56. The lowest BCUT2D eigenvalue weighted by Gasteiger charge is -2.09. The van der Waals surface area contributed by atoms with Crippen molar-refractivity contribution in [3.05, 3.63) is 40.0 Å². The summed E-state index contributed by atoms with van der Waals surface area (Å²) in [5.74, 6) is 1.55. The Hall–Kier alpha value is -1.52. The highest BCUT2D eigenvalue weighted by atomic mass is 35.5. The fourth-order valence-electron chi connectivity index (χ4n) is 1.62. The van der Waals surface area contributed by atoms with E-state index in [1.807, 2.05) is 6.92 Å². The van der Waals surface area contributed by atoms with Crippen LogP contribution in [0.25, 0.3) is 0 Å². The first-order valence-electron chi connectivity index (χ1n) is 6.30. The lowest BCUT2D eigenvalue weighted by molar-refractivity contribution is 0.461. The summed E-state index contributed by atoms with van der Waals surface area (Å²) in [6.07, 6.45) is 0.997. The molecular weight excluding hydrogens is 297 g/mol. The van der Waals surface area contributed by atoms with Gasteiger partial charge in [0.15, 0.2) is 0 Å². The maximum absolute atomic E-state index is 5.94. The number of aryl methyl sites for hydroxylation is 1. The molecule has 6 heteroatoms. The molecule has 0 aliphatic heterocycles. The van der Waals surface area contributed by atoms with Crippen LogP contribution in [0.1, 0.15) is 19.0 Å². The Balaban J connectivity index is 2.21. The van der Waals surface area contributed by atoms with E-state index in [2.05, 4.69) is 22.2 Å². The van der Waals surface area contributed by atoms with E-state index < -0.39 is 0 Å². The summed E-state index contributed by atoms with van der Waals surface area (Å²) >= 11 is 11.9. The molecule has 1 aromatic heterocycles. The average molecular weight is 312 g/mol. The van der Waals surface area contributed by atoms with Crippen molar-refractivity contribution in [2.75, 3.05) is 11.9 Å². The Morgan fingerprint density at radius 3 is 2.45 bits per heavy atom. The fourth-order valence-corrected chi connectivity index (χ4v) is 2.12. The van der Waals surface area contributed by atoms with Crippen LogP contribution in [0.5, 0.6) is 11.6 Å². The van der Waals surface area contributed by atoms with E-state index in [0.717, 1.165) is 18.7 Å². The molecule has 0 spiro atoms. The van der Waals surface area contributed by atoms with Crippen LogP contribution in [0, 0.1) is 6.92 Å². The zero-order valence-corrected chi connectivity index (χ0v) is 12.8. The molecule has 1 heterocycles. The second-order valence-corrected chi connectivity index (χ2v) is 5.18. The van der Waals surface area contributed by atoms with Crippen LogP contribution in [-0.2, 0) is 0 Å². The van der Waals surface area contributed by atoms with Gasteiger partial charge in [0.2, 0.25) is 11.8 Å². The van der Waals surface area contributed by atoms with Crippen molar-refractivity contribution in [1.82, 2.24) is 9.97 Å². The van der Waals surface area contributed by atoms with Crippen LogP contribution in [-0.4, -0.2) is 16.5 Å². The molecule has 1 N–H and O–H groups in total. The van der Waals surface area contributed by atoms with Crippen LogP contribution in [0.2, 0.25) is 10.0 Å². The van der Waals surface area contributed by atoms with E-state index in [-0.39, 0.29) is 0 Å². The summed E-state index contributed by atoms with van der Waals surface area (Å²) in [5.41, 5.74) is 0.821. The van der Waals surface area contributed by atoms with Crippen LogP contribution >= 0.6 is 23.2 Å². The van der Waals surface area contributed by atoms with Crippen LogP contribution in [0.15, 0.2) is 24.3 Å². The molecule has 4 nitrogen and oxygen atoms in total. The predicted octanol–water partition coefficient (Wildman–Crippen LogP) is 4.71. The number of halogens is 2. The summed E-state index contributed by atoms with van der Waals surface area (Å²) < 4.78 is 5.68. The van der Waals surface area contributed by atoms with Gasteiger partial charge in [-0.1, -0.05) is 30.1 Å². The zero-order chi connectivity index (χ0) is 14.5. The molecule has 0 aliphatic rings. The highest BCUT2D eigenvalue weighted by Crippen LogP contribution is 2.28. The van der Waals surface area contributed by atoms with Crippen LogP contribution in [0.4, 0.5) is 5.95 Å². The fraction of sp³-hybridized carbons (Fsp3) is 0.286. The molecule has 0 unspecified atom stereocenters. The molecule has 0 aliphatic carbocycles. The highest BCUT2D eigenvalue weighted by Gasteiger charge is 2.06. The van der Waals surface area contributed by atoms with Crippen molar-refractivity contribution in [3.63, 3.8) is 0 Å². The van der Waals surface area contributed by atoms with Gasteiger partial charge in [-0.2, -0.15) is 4.98 Å². The van der Waals surface area contributed by atoms with Gasteiger partial charge in [-0.25, -0.2) is 4.98 Å². The Morgan fingerprint density at radius 1 is 1.10 bits per heavy atom. The van der Waals surface area contributed by atoms with Gasteiger partial charge in [0, 0.05) is 28.4 Å². The monoisotopic (exact) mass is 311 g/mol. The minimum Gasteiger partial charge on any atom is -0.439 e. The standard InChI is InChI=1S/C14H15Cl2N3O/c1-3-4-17-14-18-9(2)5-13(19-14)20-12-7-10(15)6-11(16)8-12/h5-8H,3-4H2,1-2H3,(H,17,18,19). The first-order valence-corrected chi connectivity index (χ1v) is 7.06. The SMILES string of the molecule is CCCNc1nc(C)cc(Oc2cc(Cl)cc(Cl)c2)n1. The van der Waals surface area contributed by atoms with Gasteiger partial charge in [0.25, 0.3) is 0 Å². The first kappa shape index (κ1) is 14.9. The number of aromatic nitrogens is 2. The topological polar surface area (TPSA) is 47.0 Å². The number of nitrogens with one attached hydrogen (secondary N) is 1. The number of benzene rings is 1. The molecule has 20 heavy (non-hydrogen) atoms. The molecule has 106 valence electrons. The van der Waals surface area contributed by atoms with Gasteiger partial charge in [0.05, 0.1) is 0 Å². The minimum atomic E-state index is 0.453. The van der Waals surface area contributed by atoms with E-state index in [9.17, 15) is 0 Å². The molecule has 0 amide bonds. The molecule has 0 radical (unpaired) electrons. The number of rotatable bonds is 5. The molecule has 0 atom stereocenters. The van der Waals surface area contributed by atoms with E-state index in [4.69, 9.17) is 27.9 Å². The van der Waals surface area contributed by atoms with Gasteiger partial charge >= 0.3 is 0 Å². The molecule has 1 aromatic carbocycles. The van der Waals surface area contributed by atoms with Gasteiger partial charge in [-0.05, 0) is 31.5 Å². The smallest absolute Gasteiger partial charge is 0.226 e. The van der Waals surface area contributed by atoms with Crippen molar-refractivity contribution in [3.8, 4) is 11.6 Å². The van der Waals surface area contributed by atoms with Gasteiger partial charge in [0.1, 0.15) is 5.75 Å². The average Bonchev–Trinajstić information content (AvgIpc) is 2.34. The largest absolute Gasteiger partial charge is 0.439 e. The Labute approximate surface area is 128 Å². The summed E-state index contributed by atoms with van der Waals surface area (Å²) in [7, 11) is 0. The van der Waals surface area contributed by atoms with Crippen molar-refractivity contribution >= 4 is 29.2 Å². The van der Waals surface area contributed by atoms with Crippen molar-refractivity contribution in [2.45, 2.75) is 20.3 Å². The molecule has 0 saturated heterocycles. The normalized spacial score (nSPS) is 10.4. The maximum atomic E-state index is 5.94. The second-order valence-electron chi connectivity index (χ2n) is 4.31. The number of ether oxygens (including phenoxy) is 1. The third kappa shape index (κ3) is 4.25. The lowest BCUT2D eigenvalue weighted by atomic mass is 10.3. The number of nitrogens with zero attached hydrogens (tertiary/aromatic N) is 2. The van der Waals surface area contributed by atoms with Crippen molar-refractivity contribution in [2.24, 2.45) is 0 Å². The highest BCUT2D eigenvalue weighted by molar-refractivity contribution is 6.34. The number of anilines is 1. The molecular formula is C14H15Cl2N3O. The quantitative estimate of drug-likeness (QED) is 0.869. The van der Waals surface area contributed by atoms with E-state index >= 15 is 0 Å². The van der Waals surface area contributed by atoms with Crippen molar-refractivity contribution in [1.29, 1.82) is 0 Å². The van der Waals surface area contributed by atoms with Gasteiger partial charge in [-0.15, -0.1) is 0 Å². The Bertz CT molecular complexity index is 585. The van der Waals surface area contributed by atoms with Gasteiger partial charge < -0.3 is 10.1 Å². The Kier molecular flexibility index (Phi) is 5.04. The Morgan fingerprint density at radius 2 is 1.80 bits per heavy atom. The van der Waals surface area contributed by atoms with E-state index in [0.29, 0.717) is 27.6 Å². The zero-order valence-electron chi connectivity index (χ0n) is 11.3. The van der Waals surface area contributed by atoms with E-state index in [1.165, 1.54) is 0 Å². The molecule has 2 rings (SSSR count). The third-order valence-corrected chi connectivity index (χ3v) is 2.86. The number of hydrogen-bond acceptors (Lipinski definition) is 4. The minimum absolute atomic E-state index is 0.453. The summed E-state index contributed by atoms with van der Waals surface area (Å²) in [5, 5.41) is 4.16. The summed E-state index contributed by atoms with van der Waals surface area (Å²) in [4.78, 5) is 8.59. The molecule has 2 aromatic rings. The summed E-state index contributed by atoms with van der Waals surface area (Å²) in [6.45, 7) is 4.77. The van der Waals surface area contributed by atoms with Gasteiger partial charge in [-0.3, -0.25) is 0 Å². The second kappa shape index (κ2) is 6.77. The lowest BCUT2D eigenvalue weighted by Crippen LogP contribution is -2.05. The molecule has 0 saturated carbocycles. The van der Waals surface area contributed by atoms with Crippen LogP contribution < -0.4 is 10.1 Å². The van der Waals surface area contributed by atoms with Crippen LogP contribution in [0.3, 0.4) is 0 Å². The predicted molar refractivity (Wildman–Crippen MR) is 82.1 cm³/mol. The maximum Gasteiger partial charge on any atom is 0.226 e. The molecule has 0 bridgehead atoms.